The summed E-state index contributed by atoms with van der Waals surface area (Å²) in [5.74, 6) is -0.855. The normalized spacial score (nSPS) is 12.1. The van der Waals surface area contributed by atoms with E-state index in [2.05, 4.69) is 45.1 Å². The van der Waals surface area contributed by atoms with Gasteiger partial charge in [0.25, 0.3) is 0 Å². The molecule has 0 bridgehead atoms. The summed E-state index contributed by atoms with van der Waals surface area (Å²) in [7, 11) is 0. The maximum atomic E-state index is 12.7. The molecule has 0 aromatic carbocycles. The highest BCUT2D eigenvalue weighted by Gasteiger charge is 2.19. The van der Waals surface area contributed by atoms with E-state index in [0.29, 0.717) is 19.3 Å². The summed E-state index contributed by atoms with van der Waals surface area (Å²) in [6.07, 6.45) is 61.9. The Hall–Kier alpha value is -2.11. The van der Waals surface area contributed by atoms with E-state index < -0.39 is 6.10 Å². The molecule has 0 amide bonds. The lowest BCUT2D eigenvalue weighted by molar-refractivity contribution is -0.167. The quantitative estimate of drug-likeness (QED) is 0.0262. The maximum absolute atomic E-state index is 12.7. The standard InChI is InChI=1S/C58H108O6/c1-4-7-10-13-16-19-21-22-23-24-25-26-27-28-29-30-31-32-33-34-35-36-37-40-42-45-48-51-57(60)63-54-55(53-62-56(59)50-47-44-41-38-18-15-12-9-6-3)64-58(61)52-49-46-43-39-20-17-14-11-8-5-2/h21-22,24-25,55H,4-20,23,26-54H2,1-3H3/b22-21-,25-24-. The number of carbonyl (C=O) groups excluding carboxylic acids is 3. The fourth-order valence-corrected chi connectivity index (χ4v) is 8.42. The van der Waals surface area contributed by atoms with Crippen LogP contribution in [0.3, 0.4) is 0 Å². The van der Waals surface area contributed by atoms with E-state index in [1.807, 2.05) is 0 Å². The molecule has 0 aromatic rings. The first kappa shape index (κ1) is 61.9. The summed E-state index contributed by atoms with van der Waals surface area (Å²) in [6, 6.07) is 0. The fourth-order valence-electron chi connectivity index (χ4n) is 8.42. The van der Waals surface area contributed by atoms with Crippen molar-refractivity contribution in [2.45, 2.75) is 316 Å². The molecule has 0 saturated carbocycles. The topological polar surface area (TPSA) is 78.9 Å². The molecule has 6 heteroatoms. The lowest BCUT2D eigenvalue weighted by Crippen LogP contribution is -2.30. The second-order valence-corrected chi connectivity index (χ2v) is 19.2. The lowest BCUT2D eigenvalue weighted by Gasteiger charge is -2.18. The molecule has 1 atom stereocenters. The third kappa shape index (κ3) is 50.9. The minimum atomic E-state index is -0.762. The van der Waals surface area contributed by atoms with Crippen LogP contribution in [0.25, 0.3) is 0 Å². The molecule has 0 aliphatic rings. The zero-order valence-corrected chi connectivity index (χ0v) is 43.1. The predicted octanol–water partition coefficient (Wildman–Crippen LogP) is 18.7. The van der Waals surface area contributed by atoms with Crippen LogP contribution in [-0.2, 0) is 28.6 Å². The van der Waals surface area contributed by atoms with Gasteiger partial charge in [0.05, 0.1) is 0 Å². The van der Waals surface area contributed by atoms with Crippen molar-refractivity contribution in [2.75, 3.05) is 13.2 Å². The molecular formula is C58H108O6. The van der Waals surface area contributed by atoms with Crippen molar-refractivity contribution < 1.29 is 28.6 Å². The summed E-state index contributed by atoms with van der Waals surface area (Å²) in [6.45, 7) is 6.63. The fraction of sp³-hybridized carbons (Fsp3) is 0.879. The highest BCUT2D eigenvalue weighted by molar-refractivity contribution is 5.71. The molecule has 0 saturated heterocycles. The monoisotopic (exact) mass is 901 g/mol. The average molecular weight is 901 g/mol. The number of rotatable bonds is 52. The first-order valence-electron chi connectivity index (χ1n) is 28.3. The van der Waals surface area contributed by atoms with Crippen LogP contribution in [-0.4, -0.2) is 37.2 Å². The van der Waals surface area contributed by atoms with Crippen LogP contribution >= 0.6 is 0 Å². The highest BCUT2D eigenvalue weighted by Crippen LogP contribution is 2.17. The minimum absolute atomic E-state index is 0.0659. The van der Waals surface area contributed by atoms with Gasteiger partial charge in [-0.2, -0.15) is 0 Å². The zero-order valence-electron chi connectivity index (χ0n) is 43.1. The molecule has 0 heterocycles. The Morgan fingerprint density at radius 2 is 0.562 bits per heavy atom. The Labute approximate surface area is 398 Å². The van der Waals surface area contributed by atoms with Crippen LogP contribution in [0.2, 0.25) is 0 Å². The van der Waals surface area contributed by atoms with Gasteiger partial charge in [-0.15, -0.1) is 0 Å². The van der Waals surface area contributed by atoms with Crippen molar-refractivity contribution in [2.24, 2.45) is 0 Å². The Morgan fingerprint density at radius 3 is 0.859 bits per heavy atom. The number of unbranched alkanes of at least 4 members (excludes halogenated alkanes) is 37. The van der Waals surface area contributed by atoms with Crippen molar-refractivity contribution in [1.29, 1.82) is 0 Å². The smallest absolute Gasteiger partial charge is 0.306 e. The summed E-state index contributed by atoms with van der Waals surface area (Å²) in [5, 5.41) is 0. The third-order valence-electron chi connectivity index (χ3n) is 12.7. The number of ether oxygens (including phenoxy) is 3. The van der Waals surface area contributed by atoms with Crippen molar-refractivity contribution in [3.63, 3.8) is 0 Å². The molecule has 0 aromatic heterocycles. The van der Waals surface area contributed by atoms with Gasteiger partial charge in [0.15, 0.2) is 6.10 Å². The van der Waals surface area contributed by atoms with E-state index in [1.165, 1.54) is 205 Å². The molecule has 0 rings (SSSR count). The predicted molar refractivity (Wildman–Crippen MR) is 275 cm³/mol. The zero-order chi connectivity index (χ0) is 46.5. The van der Waals surface area contributed by atoms with Crippen LogP contribution in [0.1, 0.15) is 310 Å². The SMILES string of the molecule is CCCCCCC/C=C\C/C=C\CCCCCCCCCCCCCCCCCC(=O)OCC(COC(=O)CCCCCCCCCCC)OC(=O)CCCCCCCCCCCC. The molecule has 6 nitrogen and oxygen atoms in total. The minimum Gasteiger partial charge on any atom is -0.462 e. The van der Waals surface area contributed by atoms with Gasteiger partial charge < -0.3 is 14.2 Å². The second-order valence-electron chi connectivity index (χ2n) is 19.2. The number of esters is 3. The maximum Gasteiger partial charge on any atom is 0.306 e. The Bertz CT molecular complexity index is 1040. The van der Waals surface area contributed by atoms with Gasteiger partial charge in [-0.05, 0) is 51.4 Å². The van der Waals surface area contributed by atoms with Crippen LogP contribution in [0, 0.1) is 0 Å². The van der Waals surface area contributed by atoms with Gasteiger partial charge in [0.1, 0.15) is 13.2 Å². The lowest BCUT2D eigenvalue weighted by atomic mass is 10.0. The van der Waals surface area contributed by atoms with Crippen molar-refractivity contribution in [3.8, 4) is 0 Å². The molecule has 0 aliphatic carbocycles. The summed E-state index contributed by atoms with van der Waals surface area (Å²) >= 11 is 0. The molecule has 0 fully saturated rings. The molecular weight excluding hydrogens is 793 g/mol. The molecule has 0 spiro atoms. The van der Waals surface area contributed by atoms with Gasteiger partial charge >= 0.3 is 17.9 Å². The van der Waals surface area contributed by atoms with Gasteiger partial charge in [0, 0.05) is 19.3 Å². The molecule has 1 unspecified atom stereocenters. The van der Waals surface area contributed by atoms with E-state index in [1.54, 1.807) is 0 Å². The molecule has 376 valence electrons. The Balaban J connectivity index is 4.05. The average Bonchev–Trinajstić information content (AvgIpc) is 3.29. The number of allylic oxidation sites excluding steroid dienone is 4. The third-order valence-corrected chi connectivity index (χ3v) is 12.7. The van der Waals surface area contributed by atoms with Crippen molar-refractivity contribution in [1.82, 2.24) is 0 Å². The number of hydrogen-bond donors (Lipinski definition) is 0. The second kappa shape index (κ2) is 53.5. The number of carbonyl (C=O) groups is 3. The van der Waals surface area contributed by atoms with Crippen LogP contribution in [0.15, 0.2) is 24.3 Å². The molecule has 0 N–H and O–H groups in total. The van der Waals surface area contributed by atoms with Gasteiger partial charge in [0.2, 0.25) is 0 Å². The van der Waals surface area contributed by atoms with E-state index in [4.69, 9.17) is 14.2 Å². The Morgan fingerprint density at radius 1 is 0.312 bits per heavy atom. The van der Waals surface area contributed by atoms with E-state index >= 15 is 0 Å². The van der Waals surface area contributed by atoms with Crippen LogP contribution in [0.4, 0.5) is 0 Å². The van der Waals surface area contributed by atoms with E-state index in [0.717, 1.165) is 64.2 Å². The van der Waals surface area contributed by atoms with E-state index in [9.17, 15) is 14.4 Å². The molecule has 64 heavy (non-hydrogen) atoms. The summed E-state index contributed by atoms with van der Waals surface area (Å²) in [5.41, 5.74) is 0. The molecule has 0 radical (unpaired) electrons. The highest BCUT2D eigenvalue weighted by atomic mass is 16.6. The van der Waals surface area contributed by atoms with Crippen molar-refractivity contribution in [3.05, 3.63) is 24.3 Å². The first-order valence-corrected chi connectivity index (χ1v) is 28.3. The molecule has 0 aliphatic heterocycles. The summed E-state index contributed by atoms with van der Waals surface area (Å²) in [4.78, 5) is 37.9. The largest absolute Gasteiger partial charge is 0.462 e. The summed E-state index contributed by atoms with van der Waals surface area (Å²) < 4.78 is 16.8. The van der Waals surface area contributed by atoms with Crippen LogP contribution in [0.5, 0.6) is 0 Å². The van der Waals surface area contributed by atoms with Crippen molar-refractivity contribution >= 4 is 17.9 Å². The van der Waals surface area contributed by atoms with Gasteiger partial charge in [-0.3, -0.25) is 14.4 Å². The Kier molecular flexibility index (Phi) is 51.7. The van der Waals surface area contributed by atoms with Gasteiger partial charge in [-0.1, -0.05) is 263 Å². The van der Waals surface area contributed by atoms with Gasteiger partial charge in [-0.25, -0.2) is 0 Å². The van der Waals surface area contributed by atoms with E-state index in [-0.39, 0.29) is 31.1 Å². The van der Waals surface area contributed by atoms with Crippen LogP contribution < -0.4 is 0 Å². The number of hydrogen-bond acceptors (Lipinski definition) is 6. The first-order chi connectivity index (χ1) is 31.5.